The van der Waals surface area contributed by atoms with Crippen LogP contribution in [0.5, 0.6) is 0 Å². The van der Waals surface area contributed by atoms with E-state index in [-0.39, 0.29) is 25.5 Å². The minimum atomic E-state index is -4.66. The Morgan fingerprint density at radius 1 is 1.21 bits per heavy atom. The van der Waals surface area contributed by atoms with Gasteiger partial charge in [-0.05, 0) is 20.8 Å². The third kappa shape index (κ3) is 5.33. The van der Waals surface area contributed by atoms with E-state index in [0.29, 0.717) is 0 Å². The lowest BCUT2D eigenvalue weighted by Gasteiger charge is -2.29. The number of fused-ring (bicyclic) bond motifs is 1. The van der Waals surface area contributed by atoms with Crippen LogP contribution in [0.15, 0.2) is 0 Å². The molecule has 28 heavy (non-hydrogen) atoms. The summed E-state index contributed by atoms with van der Waals surface area (Å²) in [6, 6.07) is -1.55. The van der Waals surface area contributed by atoms with E-state index < -0.39 is 48.0 Å². The number of hydrogen-bond donors (Lipinski definition) is 2. The number of amides is 2. The number of carboxylic acids is 1. The molecule has 0 saturated heterocycles. The van der Waals surface area contributed by atoms with Crippen LogP contribution in [0.25, 0.3) is 0 Å². The van der Waals surface area contributed by atoms with Gasteiger partial charge in [0.1, 0.15) is 11.6 Å². The van der Waals surface area contributed by atoms with Crippen molar-refractivity contribution in [2.24, 2.45) is 0 Å². The Bertz CT molecular complexity index is 771. The van der Waals surface area contributed by atoms with Gasteiger partial charge in [-0.1, -0.05) is 0 Å². The number of aromatic nitrogens is 3. The molecular weight excluding hydrogens is 387 g/mol. The summed E-state index contributed by atoms with van der Waals surface area (Å²) in [5, 5.41) is 17.9. The van der Waals surface area contributed by atoms with Crippen LogP contribution in [-0.4, -0.2) is 60.9 Å². The zero-order valence-corrected chi connectivity index (χ0v) is 15.4. The van der Waals surface area contributed by atoms with Crippen molar-refractivity contribution >= 4 is 18.0 Å². The van der Waals surface area contributed by atoms with Gasteiger partial charge in [-0.2, -0.15) is 13.2 Å². The van der Waals surface area contributed by atoms with Crippen molar-refractivity contribution in [2.45, 2.75) is 58.1 Å². The number of alkyl halides is 3. The van der Waals surface area contributed by atoms with Gasteiger partial charge in [-0.3, -0.25) is 4.79 Å². The van der Waals surface area contributed by atoms with Gasteiger partial charge in [0.2, 0.25) is 11.7 Å². The lowest BCUT2D eigenvalue weighted by Crippen LogP contribution is -2.47. The van der Waals surface area contributed by atoms with Crippen LogP contribution in [0.2, 0.25) is 0 Å². The van der Waals surface area contributed by atoms with Crippen LogP contribution in [0.1, 0.15) is 38.8 Å². The molecule has 156 valence electrons. The first-order valence-corrected chi connectivity index (χ1v) is 8.27. The number of nitrogens with one attached hydrogen (secondary N) is 1. The van der Waals surface area contributed by atoms with E-state index in [0.717, 1.165) is 9.47 Å². The summed E-state index contributed by atoms with van der Waals surface area (Å²) in [5.41, 5.74) is -0.857. The number of carbonyl (C=O) groups is 3. The van der Waals surface area contributed by atoms with Gasteiger partial charge in [-0.15, -0.1) is 10.2 Å². The second-order valence-electron chi connectivity index (χ2n) is 7.15. The van der Waals surface area contributed by atoms with Crippen LogP contribution < -0.4 is 5.32 Å². The summed E-state index contributed by atoms with van der Waals surface area (Å²) in [4.78, 5) is 36.6. The van der Waals surface area contributed by atoms with E-state index in [1.807, 2.05) is 0 Å². The fourth-order valence-electron chi connectivity index (χ4n) is 2.53. The molecule has 1 aliphatic rings. The summed E-state index contributed by atoms with van der Waals surface area (Å²) in [6.45, 7) is 4.26. The Kier molecular flexibility index (Phi) is 5.85. The highest BCUT2D eigenvalue weighted by molar-refractivity contribution is 5.87. The molecule has 2 rings (SSSR count). The molecule has 0 fully saturated rings. The van der Waals surface area contributed by atoms with E-state index in [1.54, 1.807) is 20.8 Å². The smallest absolute Gasteiger partial charge is 0.451 e. The van der Waals surface area contributed by atoms with E-state index in [9.17, 15) is 32.7 Å². The summed E-state index contributed by atoms with van der Waals surface area (Å²) >= 11 is 0. The maximum absolute atomic E-state index is 12.8. The van der Waals surface area contributed by atoms with Crippen molar-refractivity contribution in [3.8, 4) is 0 Å². The summed E-state index contributed by atoms with van der Waals surface area (Å²) < 4.78 is 44.4. The first-order chi connectivity index (χ1) is 12.8. The molecule has 0 unspecified atom stereocenters. The number of alkyl carbamates (subject to hydrolysis) is 1. The van der Waals surface area contributed by atoms with Crippen LogP contribution in [0.3, 0.4) is 0 Å². The quantitative estimate of drug-likeness (QED) is 0.763. The molecule has 10 nitrogen and oxygen atoms in total. The lowest BCUT2D eigenvalue weighted by atomic mass is 10.1. The molecule has 0 radical (unpaired) electrons. The molecule has 1 aromatic rings. The Morgan fingerprint density at radius 3 is 2.39 bits per heavy atom. The van der Waals surface area contributed by atoms with Crippen molar-refractivity contribution in [1.29, 1.82) is 0 Å². The molecule has 0 aliphatic carbocycles. The minimum Gasteiger partial charge on any atom is -0.480 e. The highest BCUT2D eigenvalue weighted by Crippen LogP contribution is 2.29. The van der Waals surface area contributed by atoms with Gasteiger partial charge >= 0.3 is 18.2 Å². The zero-order valence-electron chi connectivity index (χ0n) is 15.4. The second kappa shape index (κ2) is 7.64. The third-order valence-electron chi connectivity index (χ3n) is 3.73. The molecule has 0 aromatic carbocycles. The first-order valence-electron chi connectivity index (χ1n) is 8.27. The Labute approximate surface area is 157 Å². The molecular formula is C15H20F3N5O5. The average Bonchev–Trinajstić information content (AvgIpc) is 2.95. The van der Waals surface area contributed by atoms with E-state index >= 15 is 0 Å². The summed E-state index contributed by atoms with van der Waals surface area (Å²) in [5.74, 6) is -3.31. The molecule has 13 heteroatoms. The maximum atomic E-state index is 12.8. The minimum absolute atomic E-state index is 0.0566. The van der Waals surface area contributed by atoms with Gasteiger partial charge in [0, 0.05) is 13.1 Å². The Morgan fingerprint density at radius 2 is 1.86 bits per heavy atom. The van der Waals surface area contributed by atoms with Crippen molar-refractivity contribution in [3.63, 3.8) is 0 Å². The number of rotatable bonds is 4. The monoisotopic (exact) mass is 407 g/mol. The number of ether oxygens (including phenoxy) is 1. The van der Waals surface area contributed by atoms with Crippen molar-refractivity contribution in [1.82, 2.24) is 25.0 Å². The molecule has 1 aromatic heterocycles. The van der Waals surface area contributed by atoms with E-state index in [4.69, 9.17) is 4.74 Å². The number of nitrogens with zero attached hydrogens (tertiary/aromatic N) is 4. The third-order valence-corrected chi connectivity index (χ3v) is 3.73. The van der Waals surface area contributed by atoms with Crippen LogP contribution in [-0.2, 0) is 33.6 Å². The lowest BCUT2D eigenvalue weighted by molar-refractivity contribution is -0.148. The molecule has 2 N–H and O–H groups in total. The Hall–Kier alpha value is -2.86. The normalized spacial score (nSPS) is 15.6. The predicted molar refractivity (Wildman–Crippen MR) is 85.9 cm³/mol. The van der Waals surface area contributed by atoms with Gasteiger partial charge in [0.05, 0.1) is 13.0 Å². The van der Waals surface area contributed by atoms with Gasteiger partial charge in [-0.25, -0.2) is 9.59 Å². The average molecular weight is 407 g/mol. The maximum Gasteiger partial charge on any atom is 0.451 e. The Balaban J connectivity index is 2.02. The zero-order chi connectivity index (χ0) is 21.3. The fraction of sp³-hybridized carbons (Fsp3) is 0.667. The first kappa shape index (κ1) is 21.4. The number of carboxylic acid groups (broad SMARTS) is 1. The summed E-state index contributed by atoms with van der Waals surface area (Å²) in [7, 11) is 0. The molecule has 0 spiro atoms. The SMILES string of the molecule is CC(C)(C)OC(=O)N[C@@H](CC(=O)N1CCn2c(nnc2C(F)(F)F)C1)C(=O)O. The highest BCUT2D eigenvalue weighted by Gasteiger charge is 2.40. The number of carbonyl (C=O) groups excluding carboxylic acids is 2. The highest BCUT2D eigenvalue weighted by atomic mass is 19.4. The number of halogens is 3. The second-order valence-corrected chi connectivity index (χ2v) is 7.15. The number of aliphatic carboxylic acids is 1. The molecule has 1 atom stereocenters. The van der Waals surface area contributed by atoms with Gasteiger partial charge in [0.25, 0.3) is 0 Å². The molecule has 2 amide bonds. The molecule has 0 saturated carbocycles. The van der Waals surface area contributed by atoms with Crippen LogP contribution in [0, 0.1) is 0 Å². The van der Waals surface area contributed by atoms with Crippen LogP contribution in [0.4, 0.5) is 18.0 Å². The number of hydrogen-bond acceptors (Lipinski definition) is 6. The van der Waals surface area contributed by atoms with Crippen molar-refractivity contribution < 1.29 is 37.4 Å². The fourth-order valence-corrected chi connectivity index (χ4v) is 2.53. The molecule has 2 heterocycles. The van der Waals surface area contributed by atoms with E-state index in [2.05, 4.69) is 15.5 Å². The van der Waals surface area contributed by atoms with Gasteiger partial charge in [0.15, 0.2) is 5.82 Å². The topological polar surface area (TPSA) is 127 Å². The van der Waals surface area contributed by atoms with Crippen molar-refractivity contribution in [3.05, 3.63) is 11.6 Å². The standard InChI is InChI=1S/C15H20F3N5O5/c1-14(2,3)28-13(27)19-8(11(25)26)6-10(24)22-4-5-23-9(7-22)20-21-12(23)15(16,17)18/h8H,4-7H2,1-3H3,(H,19,27)(H,25,26)/t8-/m0/s1. The van der Waals surface area contributed by atoms with Crippen molar-refractivity contribution in [2.75, 3.05) is 6.54 Å². The largest absolute Gasteiger partial charge is 0.480 e. The molecule has 1 aliphatic heterocycles. The van der Waals surface area contributed by atoms with Crippen LogP contribution >= 0.6 is 0 Å². The van der Waals surface area contributed by atoms with Gasteiger partial charge < -0.3 is 24.6 Å². The predicted octanol–water partition coefficient (Wildman–Crippen LogP) is 1.01. The summed E-state index contributed by atoms with van der Waals surface area (Å²) in [6.07, 6.45) is -6.25. The van der Waals surface area contributed by atoms with E-state index in [1.165, 1.54) is 0 Å². The molecule has 0 bridgehead atoms.